The van der Waals surface area contributed by atoms with Gasteiger partial charge in [-0.25, -0.2) is 19.4 Å². The monoisotopic (exact) mass is 498 g/mol. The van der Waals surface area contributed by atoms with Crippen LogP contribution in [0.1, 0.15) is 30.7 Å². The van der Waals surface area contributed by atoms with E-state index in [2.05, 4.69) is 20.3 Å². The molecule has 2 aromatic heterocycles. The van der Waals surface area contributed by atoms with Crippen LogP contribution in [0.25, 0.3) is 11.4 Å². The first-order valence-corrected chi connectivity index (χ1v) is 10.9. The van der Waals surface area contributed by atoms with E-state index in [0.29, 0.717) is 47.9 Å². The van der Waals surface area contributed by atoms with Crippen LogP contribution in [0.5, 0.6) is 11.6 Å². The van der Waals surface area contributed by atoms with Gasteiger partial charge in [-0.15, -0.1) is 5.10 Å². The number of benzene rings is 1. The number of carboxylic acids is 1. The summed E-state index contributed by atoms with van der Waals surface area (Å²) in [5, 5.41) is 27.9. The Morgan fingerprint density at radius 2 is 2.00 bits per heavy atom. The molecule has 0 aliphatic heterocycles. The van der Waals surface area contributed by atoms with Crippen LogP contribution in [0, 0.1) is 23.0 Å². The molecule has 0 saturated heterocycles. The maximum absolute atomic E-state index is 12.1. The number of carbonyl (C=O) groups is 2. The Labute approximate surface area is 204 Å². The van der Waals surface area contributed by atoms with Crippen LogP contribution in [0.4, 0.5) is 10.5 Å². The lowest BCUT2D eigenvalue weighted by atomic mass is 10.1. The van der Waals surface area contributed by atoms with Crippen molar-refractivity contribution in [2.45, 2.75) is 38.9 Å². The van der Waals surface area contributed by atoms with Gasteiger partial charge in [-0.3, -0.25) is 14.9 Å². The van der Waals surface area contributed by atoms with Crippen LogP contribution in [-0.2, 0) is 23.2 Å². The van der Waals surface area contributed by atoms with Crippen LogP contribution in [0.2, 0.25) is 0 Å². The highest BCUT2D eigenvalue weighted by molar-refractivity contribution is 5.70. The third-order valence-electron chi connectivity index (χ3n) is 5.67. The second kappa shape index (κ2) is 10.3. The summed E-state index contributed by atoms with van der Waals surface area (Å²) in [6, 6.07) is 4.98. The van der Waals surface area contributed by atoms with E-state index in [1.54, 1.807) is 14.0 Å². The quantitative estimate of drug-likeness (QED) is 0.208. The van der Waals surface area contributed by atoms with Crippen molar-refractivity contribution in [3.8, 4) is 23.0 Å². The third kappa shape index (κ3) is 5.54. The van der Waals surface area contributed by atoms with E-state index in [1.807, 2.05) is 0 Å². The first-order chi connectivity index (χ1) is 17.2. The van der Waals surface area contributed by atoms with E-state index in [9.17, 15) is 19.7 Å². The molecule has 0 spiro atoms. The number of hydrogen-bond donors (Lipinski definition) is 1. The Morgan fingerprint density at radius 3 is 2.64 bits per heavy atom. The van der Waals surface area contributed by atoms with Crippen molar-refractivity contribution in [1.82, 2.24) is 25.0 Å². The van der Waals surface area contributed by atoms with Gasteiger partial charge in [-0.1, -0.05) is 5.21 Å². The number of aliphatic carboxylic acids is 1. The fourth-order valence-corrected chi connectivity index (χ4v) is 3.76. The van der Waals surface area contributed by atoms with Crippen LogP contribution < -0.4 is 9.47 Å². The Balaban J connectivity index is 1.40. The number of carboxylic acid groups (broad SMARTS) is 1. The summed E-state index contributed by atoms with van der Waals surface area (Å²) in [5.74, 6) is -0.851. The minimum Gasteiger partial charge on any atom is -0.481 e. The van der Waals surface area contributed by atoms with E-state index < -0.39 is 23.0 Å². The van der Waals surface area contributed by atoms with Crippen molar-refractivity contribution in [3.05, 3.63) is 52.0 Å². The molecule has 2 atom stereocenters. The molecule has 1 aliphatic carbocycles. The van der Waals surface area contributed by atoms with Crippen LogP contribution >= 0.6 is 0 Å². The summed E-state index contributed by atoms with van der Waals surface area (Å²) < 4.78 is 17.5. The summed E-state index contributed by atoms with van der Waals surface area (Å²) in [5.41, 5.74) is 1.50. The van der Waals surface area contributed by atoms with Crippen molar-refractivity contribution < 1.29 is 33.8 Å². The number of non-ortho nitro benzene ring substituents is 1. The number of nitro benzene ring substituents is 1. The average Bonchev–Trinajstić information content (AvgIpc) is 3.46. The maximum Gasteiger partial charge on any atom is 0.514 e. The van der Waals surface area contributed by atoms with Crippen molar-refractivity contribution in [2.75, 3.05) is 0 Å². The molecule has 0 radical (unpaired) electrons. The lowest BCUT2D eigenvalue weighted by molar-refractivity contribution is -0.384. The molecule has 188 valence electrons. The van der Waals surface area contributed by atoms with Gasteiger partial charge in [0.2, 0.25) is 5.88 Å². The summed E-state index contributed by atoms with van der Waals surface area (Å²) in [6.07, 6.45) is 1.79. The molecule has 4 rings (SSSR count). The molecule has 1 fully saturated rings. The maximum atomic E-state index is 12.1. The van der Waals surface area contributed by atoms with Gasteiger partial charge in [-0.05, 0) is 38.3 Å². The van der Waals surface area contributed by atoms with Gasteiger partial charge in [0.1, 0.15) is 41.2 Å². The summed E-state index contributed by atoms with van der Waals surface area (Å²) in [6.45, 7) is 1.48. The van der Waals surface area contributed by atoms with Gasteiger partial charge in [0.25, 0.3) is 5.69 Å². The number of ether oxygens (including phenoxy) is 3. The van der Waals surface area contributed by atoms with E-state index in [0.717, 1.165) is 0 Å². The molecule has 3 aromatic rings. The molecule has 1 aromatic carbocycles. The lowest BCUT2D eigenvalue weighted by Crippen LogP contribution is -2.17. The Bertz CT molecular complexity index is 1290. The Kier molecular flexibility index (Phi) is 7.03. The number of aryl methyl sites for hydroxylation is 2. The zero-order valence-corrected chi connectivity index (χ0v) is 19.4. The zero-order valence-electron chi connectivity index (χ0n) is 19.4. The molecule has 0 amide bonds. The molecule has 0 bridgehead atoms. The number of aromatic nitrogens is 5. The van der Waals surface area contributed by atoms with Gasteiger partial charge < -0.3 is 19.3 Å². The minimum absolute atomic E-state index is 0.0861. The lowest BCUT2D eigenvalue weighted by Gasteiger charge is -2.14. The highest BCUT2D eigenvalue weighted by Gasteiger charge is 2.31. The fraction of sp³-hybridized carbons (Fsp3) is 0.364. The first kappa shape index (κ1) is 24.5. The fourth-order valence-electron chi connectivity index (χ4n) is 3.76. The second-order valence-electron chi connectivity index (χ2n) is 8.13. The normalized spacial score (nSPS) is 16.9. The molecule has 1 N–H and O–H groups in total. The standard InChI is InChI=1S/C22H22N6O8/c1-12-20(35-16-6-3-13(9-16)21(29)30)23-10-17(24-12)19-18(27(2)26-25-19)11-34-22(31)36-15-7-4-14(5-8-15)28(32)33/h4-5,7-8,10,13,16H,3,6,9,11H2,1-2H3,(H,29,30). The average molecular weight is 498 g/mol. The zero-order chi connectivity index (χ0) is 25.8. The predicted octanol–water partition coefficient (Wildman–Crippen LogP) is 2.84. The minimum atomic E-state index is -1.02. The van der Waals surface area contributed by atoms with E-state index in [4.69, 9.17) is 19.3 Å². The number of rotatable bonds is 8. The van der Waals surface area contributed by atoms with Crippen LogP contribution in [-0.4, -0.2) is 53.2 Å². The topological polar surface area (TPSA) is 182 Å². The largest absolute Gasteiger partial charge is 0.514 e. The SMILES string of the molecule is Cc1nc(-c2nnn(C)c2COC(=O)Oc2ccc([N+](=O)[O-])cc2)cnc1OC1CCC(C(=O)O)C1. The van der Waals surface area contributed by atoms with Crippen molar-refractivity contribution in [2.24, 2.45) is 13.0 Å². The molecule has 14 heteroatoms. The number of nitrogens with zero attached hydrogens (tertiary/aromatic N) is 6. The molecule has 2 heterocycles. The summed E-state index contributed by atoms with van der Waals surface area (Å²) in [7, 11) is 1.62. The first-order valence-electron chi connectivity index (χ1n) is 10.9. The smallest absolute Gasteiger partial charge is 0.481 e. The van der Waals surface area contributed by atoms with Gasteiger partial charge in [-0.2, -0.15) is 0 Å². The Hall–Kier alpha value is -4.62. The van der Waals surface area contributed by atoms with E-state index in [-0.39, 0.29) is 24.1 Å². The number of nitro groups is 1. The van der Waals surface area contributed by atoms with E-state index in [1.165, 1.54) is 35.1 Å². The van der Waals surface area contributed by atoms with E-state index >= 15 is 0 Å². The molecule has 1 aliphatic rings. The molecule has 36 heavy (non-hydrogen) atoms. The van der Waals surface area contributed by atoms with Crippen molar-refractivity contribution in [3.63, 3.8) is 0 Å². The predicted molar refractivity (Wildman–Crippen MR) is 120 cm³/mol. The molecular formula is C22H22N6O8. The van der Waals surface area contributed by atoms with Crippen molar-refractivity contribution in [1.29, 1.82) is 0 Å². The highest BCUT2D eigenvalue weighted by atomic mass is 16.7. The summed E-state index contributed by atoms with van der Waals surface area (Å²) >= 11 is 0. The van der Waals surface area contributed by atoms with Gasteiger partial charge >= 0.3 is 12.1 Å². The van der Waals surface area contributed by atoms with Crippen LogP contribution in [0.15, 0.2) is 30.5 Å². The molecular weight excluding hydrogens is 476 g/mol. The van der Waals surface area contributed by atoms with Gasteiger partial charge in [0.05, 0.1) is 17.0 Å². The number of hydrogen-bond acceptors (Lipinski definition) is 11. The van der Waals surface area contributed by atoms with Crippen molar-refractivity contribution >= 4 is 17.8 Å². The molecule has 2 unspecified atom stereocenters. The number of carbonyl (C=O) groups excluding carboxylic acids is 1. The third-order valence-corrected chi connectivity index (χ3v) is 5.67. The van der Waals surface area contributed by atoms with Gasteiger partial charge in [0.15, 0.2) is 0 Å². The molecule has 14 nitrogen and oxygen atoms in total. The Morgan fingerprint density at radius 1 is 1.25 bits per heavy atom. The summed E-state index contributed by atoms with van der Waals surface area (Å²) in [4.78, 5) is 42.2. The second-order valence-corrected chi connectivity index (χ2v) is 8.13. The van der Waals surface area contributed by atoms with Gasteiger partial charge in [0, 0.05) is 19.2 Å². The molecule has 1 saturated carbocycles. The van der Waals surface area contributed by atoms with Crippen LogP contribution in [0.3, 0.4) is 0 Å². The highest BCUT2D eigenvalue weighted by Crippen LogP contribution is 2.30.